The largest absolute Gasteiger partial charge is 0.350 e. The molecule has 74 valence electrons. The lowest BCUT2D eigenvalue weighted by atomic mass is 9.89. The third-order valence-corrected chi connectivity index (χ3v) is 2.03. The van der Waals surface area contributed by atoms with Crippen molar-refractivity contribution in [2.24, 2.45) is 5.41 Å². The first-order valence-electron chi connectivity index (χ1n) is 4.72. The quantitative estimate of drug-likeness (QED) is 0.541. The predicted molar refractivity (Wildman–Crippen MR) is 56.6 cm³/mol. The first kappa shape index (κ1) is 12.1. The van der Waals surface area contributed by atoms with Crippen LogP contribution in [-0.2, 0) is 4.53 Å². The van der Waals surface area contributed by atoms with Crippen LogP contribution in [0.2, 0.25) is 13.1 Å². The van der Waals surface area contributed by atoms with E-state index in [1.54, 1.807) is 0 Å². The predicted octanol–water partition coefficient (Wildman–Crippen LogP) is 2.32. The summed E-state index contributed by atoms with van der Waals surface area (Å²) in [6, 6.07) is 0.458. The van der Waals surface area contributed by atoms with Gasteiger partial charge in [-0.1, -0.05) is 20.8 Å². The van der Waals surface area contributed by atoms with Crippen LogP contribution >= 0.6 is 0 Å². The van der Waals surface area contributed by atoms with Gasteiger partial charge in [0.05, 0.1) is 0 Å². The van der Waals surface area contributed by atoms with Gasteiger partial charge in [-0.2, -0.15) is 0 Å². The summed E-state index contributed by atoms with van der Waals surface area (Å²) in [6.07, 6.45) is 1.15. The molecular weight excluding hydrogens is 166 g/mol. The molecule has 3 heteroatoms. The summed E-state index contributed by atoms with van der Waals surface area (Å²) in [7, 11) is -0.906. The molecule has 0 unspecified atom stereocenters. The second kappa shape index (κ2) is 4.99. The van der Waals surface area contributed by atoms with Gasteiger partial charge < -0.3 is 4.53 Å². The molecule has 0 radical (unpaired) electrons. The van der Waals surface area contributed by atoms with Crippen molar-refractivity contribution in [2.45, 2.75) is 53.3 Å². The van der Waals surface area contributed by atoms with Crippen LogP contribution in [-0.4, -0.2) is 15.1 Å². The van der Waals surface area contributed by atoms with Crippen LogP contribution < -0.4 is 5.48 Å². The zero-order valence-electron chi connectivity index (χ0n) is 9.27. The highest BCUT2D eigenvalue weighted by Gasteiger charge is 2.15. The highest BCUT2D eigenvalue weighted by atomic mass is 28.3. The van der Waals surface area contributed by atoms with Crippen molar-refractivity contribution >= 4 is 9.04 Å². The molecule has 0 aliphatic rings. The molecular formula is C9H23NOSi. The Hall–Kier alpha value is 0.137. The van der Waals surface area contributed by atoms with Crippen LogP contribution in [0.1, 0.15) is 34.1 Å². The summed E-state index contributed by atoms with van der Waals surface area (Å²) >= 11 is 0. The van der Waals surface area contributed by atoms with Crippen molar-refractivity contribution in [3.8, 4) is 0 Å². The fourth-order valence-electron chi connectivity index (χ4n) is 1.21. The Morgan fingerprint density at radius 2 is 1.83 bits per heavy atom. The number of hydroxylamine groups is 1. The second-order valence-corrected chi connectivity index (χ2v) is 7.28. The van der Waals surface area contributed by atoms with Crippen molar-refractivity contribution in [3.63, 3.8) is 0 Å². The average molecular weight is 189 g/mol. The van der Waals surface area contributed by atoms with E-state index in [0.29, 0.717) is 11.5 Å². The van der Waals surface area contributed by atoms with E-state index in [4.69, 9.17) is 4.53 Å². The van der Waals surface area contributed by atoms with E-state index in [-0.39, 0.29) is 0 Å². The van der Waals surface area contributed by atoms with Crippen LogP contribution in [0.3, 0.4) is 0 Å². The summed E-state index contributed by atoms with van der Waals surface area (Å²) in [5, 5.41) is 0. The molecule has 0 heterocycles. The SMILES string of the molecule is C[C@H](CC(C)(C)C)NO[SiH](C)C. The maximum Gasteiger partial charge on any atom is 0.199 e. The Balaban J connectivity index is 3.53. The van der Waals surface area contributed by atoms with Crippen LogP contribution in [0.25, 0.3) is 0 Å². The van der Waals surface area contributed by atoms with Crippen molar-refractivity contribution in [2.75, 3.05) is 0 Å². The molecule has 0 amide bonds. The number of nitrogens with one attached hydrogen (secondary N) is 1. The maximum absolute atomic E-state index is 5.44. The van der Waals surface area contributed by atoms with Gasteiger partial charge in [-0.15, -0.1) is 0 Å². The van der Waals surface area contributed by atoms with E-state index in [1.807, 2.05) is 0 Å². The number of hydrogen-bond acceptors (Lipinski definition) is 2. The summed E-state index contributed by atoms with van der Waals surface area (Å²) in [5.74, 6) is 0. The summed E-state index contributed by atoms with van der Waals surface area (Å²) in [4.78, 5) is 0. The minimum Gasteiger partial charge on any atom is -0.350 e. The molecule has 0 aliphatic carbocycles. The molecule has 0 aromatic heterocycles. The van der Waals surface area contributed by atoms with Gasteiger partial charge in [0.2, 0.25) is 0 Å². The van der Waals surface area contributed by atoms with Gasteiger partial charge in [0.1, 0.15) is 0 Å². The minimum atomic E-state index is -0.906. The van der Waals surface area contributed by atoms with Crippen LogP contribution in [0, 0.1) is 5.41 Å². The number of rotatable bonds is 4. The third kappa shape index (κ3) is 8.24. The lowest BCUT2D eigenvalue weighted by Crippen LogP contribution is -2.33. The van der Waals surface area contributed by atoms with Crippen LogP contribution in [0.4, 0.5) is 0 Å². The van der Waals surface area contributed by atoms with Gasteiger partial charge in [-0.3, -0.25) is 0 Å². The van der Waals surface area contributed by atoms with Gasteiger partial charge in [-0.25, -0.2) is 5.48 Å². The Labute approximate surface area is 78.4 Å². The van der Waals surface area contributed by atoms with Crippen LogP contribution in [0.5, 0.6) is 0 Å². The van der Waals surface area contributed by atoms with E-state index < -0.39 is 9.04 Å². The van der Waals surface area contributed by atoms with E-state index >= 15 is 0 Å². The Morgan fingerprint density at radius 1 is 1.33 bits per heavy atom. The highest BCUT2D eigenvalue weighted by Crippen LogP contribution is 2.20. The Morgan fingerprint density at radius 3 is 2.17 bits per heavy atom. The second-order valence-electron chi connectivity index (χ2n) is 4.95. The van der Waals surface area contributed by atoms with E-state index in [9.17, 15) is 0 Å². The fourth-order valence-corrected chi connectivity index (χ4v) is 1.72. The van der Waals surface area contributed by atoms with Gasteiger partial charge >= 0.3 is 0 Å². The van der Waals surface area contributed by atoms with Crippen molar-refractivity contribution in [1.29, 1.82) is 0 Å². The van der Waals surface area contributed by atoms with E-state index in [2.05, 4.69) is 46.3 Å². The molecule has 0 aromatic carbocycles. The van der Waals surface area contributed by atoms with Crippen molar-refractivity contribution in [1.82, 2.24) is 5.48 Å². The molecule has 0 aliphatic heterocycles. The highest BCUT2D eigenvalue weighted by molar-refractivity contribution is 6.48. The van der Waals surface area contributed by atoms with Gasteiger partial charge in [0.25, 0.3) is 0 Å². The summed E-state index contributed by atoms with van der Waals surface area (Å²) in [6.45, 7) is 13.2. The molecule has 1 atom stereocenters. The molecule has 0 spiro atoms. The smallest absolute Gasteiger partial charge is 0.199 e. The van der Waals surface area contributed by atoms with Gasteiger partial charge in [0, 0.05) is 6.04 Å². The topological polar surface area (TPSA) is 21.3 Å². The first-order valence-corrected chi connectivity index (χ1v) is 7.50. The van der Waals surface area contributed by atoms with E-state index in [1.165, 1.54) is 0 Å². The average Bonchev–Trinajstić information content (AvgIpc) is 1.79. The minimum absolute atomic E-state index is 0.383. The zero-order valence-corrected chi connectivity index (χ0v) is 10.4. The molecule has 1 N–H and O–H groups in total. The van der Waals surface area contributed by atoms with Crippen LogP contribution in [0.15, 0.2) is 0 Å². The third-order valence-electron chi connectivity index (χ3n) is 1.42. The standard InChI is InChI=1S/C9H23NOSi/c1-8(7-9(2,3)4)10-11-12(5)6/h8,10,12H,7H2,1-6H3/t8-/m1/s1. The molecule has 0 bridgehead atoms. The lowest BCUT2D eigenvalue weighted by Gasteiger charge is -2.24. The molecule has 0 aromatic rings. The molecule has 12 heavy (non-hydrogen) atoms. The molecule has 2 nitrogen and oxygen atoms in total. The molecule has 0 fully saturated rings. The van der Waals surface area contributed by atoms with E-state index in [0.717, 1.165) is 6.42 Å². The zero-order chi connectivity index (χ0) is 9.78. The molecule has 0 rings (SSSR count). The maximum atomic E-state index is 5.44. The summed E-state index contributed by atoms with van der Waals surface area (Å²) < 4.78 is 5.44. The first-order chi connectivity index (χ1) is 5.31. The van der Waals surface area contributed by atoms with Gasteiger partial charge in [0.15, 0.2) is 9.04 Å². The molecule has 0 saturated heterocycles. The fraction of sp³-hybridized carbons (Fsp3) is 1.00. The Bertz CT molecular complexity index is 120. The number of hydrogen-bond donors (Lipinski definition) is 1. The summed E-state index contributed by atoms with van der Waals surface area (Å²) in [5.41, 5.74) is 3.48. The Kier molecular flexibility index (Phi) is 5.05. The molecule has 0 saturated carbocycles. The van der Waals surface area contributed by atoms with Crippen molar-refractivity contribution < 1.29 is 4.53 Å². The van der Waals surface area contributed by atoms with Gasteiger partial charge in [-0.05, 0) is 31.9 Å². The van der Waals surface area contributed by atoms with Crippen molar-refractivity contribution in [3.05, 3.63) is 0 Å². The lowest BCUT2D eigenvalue weighted by molar-refractivity contribution is 0.137. The normalized spacial score (nSPS) is 15.2. The monoisotopic (exact) mass is 189 g/mol.